The maximum atomic E-state index is 8.00. The molecule has 0 radical (unpaired) electrons. The smallest absolute Gasteiger partial charge is 0.106 e. The number of rotatable bonds is 4. The SMILES string of the molecule is C=O.CC.OCCCl.c1ccc(CNc2ccccc2)cc1. The van der Waals surface area contributed by atoms with Gasteiger partial charge in [-0.1, -0.05) is 62.4 Å². The molecule has 2 aromatic rings. The molecule has 0 fully saturated rings. The largest absolute Gasteiger partial charge is 0.395 e. The molecule has 0 unspecified atom stereocenters. The molecule has 0 amide bonds. The predicted molar refractivity (Wildman–Crippen MR) is 96.5 cm³/mol. The third kappa shape index (κ3) is 13.2. The van der Waals surface area contributed by atoms with Gasteiger partial charge in [0, 0.05) is 18.1 Å². The van der Waals surface area contributed by atoms with Crippen molar-refractivity contribution in [2.75, 3.05) is 17.8 Å². The monoisotopic (exact) mass is 323 g/mol. The fourth-order valence-electron chi connectivity index (χ4n) is 1.36. The van der Waals surface area contributed by atoms with Crippen LogP contribution in [-0.4, -0.2) is 24.4 Å². The van der Waals surface area contributed by atoms with Gasteiger partial charge in [-0.2, -0.15) is 0 Å². The molecule has 0 aromatic heterocycles. The van der Waals surface area contributed by atoms with Crippen molar-refractivity contribution in [3.63, 3.8) is 0 Å². The molecule has 3 nitrogen and oxygen atoms in total. The zero-order valence-corrected chi connectivity index (χ0v) is 14.1. The molecule has 0 saturated carbocycles. The summed E-state index contributed by atoms with van der Waals surface area (Å²) in [6.45, 7) is 6.96. The Morgan fingerprint density at radius 3 is 1.77 bits per heavy atom. The maximum absolute atomic E-state index is 8.00. The van der Waals surface area contributed by atoms with E-state index in [-0.39, 0.29) is 6.61 Å². The van der Waals surface area contributed by atoms with Crippen LogP contribution < -0.4 is 5.32 Å². The van der Waals surface area contributed by atoms with Gasteiger partial charge < -0.3 is 15.2 Å². The molecule has 0 bridgehead atoms. The van der Waals surface area contributed by atoms with Crippen molar-refractivity contribution in [1.29, 1.82) is 0 Å². The number of carbonyl (C=O) groups is 1. The molecule has 0 spiro atoms. The van der Waals surface area contributed by atoms with Crippen molar-refractivity contribution < 1.29 is 9.90 Å². The lowest BCUT2D eigenvalue weighted by atomic mass is 10.2. The van der Waals surface area contributed by atoms with Gasteiger partial charge in [0.15, 0.2) is 0 Å². The zero-order valence-electron chi connectivity index (χ0n) is 13.3. The zero-order chi connectivity index (χ0) is 17.1. The van der Waals surface area contributed by atoms with E-state index in [4.69, 9.17) is 21.5 Å². The highest BCUT2D eigenvalue weighted by Crippen LogP contribution is 2.07. The number of aliphatic hydroxyl groups is 1. The van der Waals surface area contributed by atoms with Crippen LogP contribution in [0.3, 0.4) is 0 Å². The number of halogens is 1. The highest BCUT2D eigenvalue weighted by atomic mass is 35.5. The average molecular weight is 324 g/mol. The molecular formula is C18H26ClNO2. The second-order valence-corrected chi connectivity index (χ2v) is 4.00. The molecule has 122 valence electrons. The summed E-state index contributed by atoms with van der Waals surface area (Å²) in [4.78, 5) is 8.00. The van der Waals surface area contributed by atoms with E-state index < -0.39 is 0 Å². The lowest BCUT2D eigenvalue weighted by Gasteiger charge is -2.05. The highest BCUT2D eigenvalue weighted by Gasteiger charge is 1.90. The number of para-hydroxylation sites is 1. The Bertz CT molecular complexity index is 382. The van der Waals surface area contributed by atoms with E-state index in [0.717, 1.165) is 12.2 Å². The normalized spacial score (nSPS) is 8.00. The summed E-state index contributed by atoms with van der Waals surface area (Å²) in [7, 11) is 0. The number of alkyl halides is 1. The predicted octanol–water partition coefficient (Wildman–Crippen LogP) is 4.36. The molecule has 2 aromatic carbocycles. The Hall–Kier alpha value is -1.84. The number of anilines is 1. The van der Waals surface area contributed by atoms with Gasteiger partial charge in [-0.05, 0) is 17.7 Å². The van der Waals surface area contributed by atoms with Gasteiger partial charge in [0.25, 0.3) is 0 Å². The topological polar surface area (TPSA) is 49.3 Å². The van der Waals surface area contributed by atoms with Gasteiger partial charge in [0.1, 0.15) is 6.79 Å². The average Bonchev–Trinajstić information content (AvgIpc) is 2.65. The number of hydrogen-bond donors (Lipinski definition) is 2. The minimum atomic E-state index is 0.0849. The van der Waals surface area contributed by atoms with Crippen LogP contribution in [0.15, 0.2) is 60.7 Å². The third-order valence-corrected chi connectivity index (χ3v) is 2.37. The number of hydrogen-bond acceptors (Lipinski definition) is 3. The molecule has 2 N–H and O–H groups in total. The van der Waals surface area contributed by atoms with Gasteiger partial charge in [-0.15, -0.1) is 11.6 Å². The molecule has 2 rings (SSSR count). The maximum Gasteiger partial charge on any atom is 0.106 e. The first-order chi connectivity index (χ1) is 10.9. The molecule has 0 aliphatic carbocycles. The summed E-state index contributed by atoms with van der Waals surface area (Å²) in [5, 5.41) is 11.1. The minimum Gasteiger partial charge on any atom is -0.395 e. The van der Waals surface area contributed by atoms with Crippen LogP contribution in [0.2, 0.25) is 0 Å². The summed E-state index contributed by atoms with van der Waals surface area (Å²) in [6.07, 6.45) is 0. The van der Waals surface area contributed by atoms with Crippen molar-refractivity contribution in [3.8, 4) is 0 Å². The lowest BCUT2D eigenvalue weighted by molar-refractivity contribution is -0.0979. The Balaban J connectivity index is 0. The second-order valence-electron chi connectivity index (χ2n) is 3.62. The first kappa shape index (κ1) is 22.4. The van der Waals surface area contributed by atoms with E-state index in [1.807, 2.05) is 44.9 Å². The van der Waals surface area contributed by atoms with Crippen molar-refractivity contribution in [3.05, 3.63) is 66.2 Å². The first-order valence-corrected chi connectivity index (χ1v) is 7.69. The van der Waals surface area contributed by atoms with Gasteiger partial charge in [0.05, 0.1) is 6.61 Å². The fraction of sp³-hybridized carbons (Fsp3) is 0.278. The molecule has 0 aliphatic rings. The molecule has 0 atom stereocenters. The van der Waals surface area contributed by atoms with Crippen molar-refractivity contribution >= 4 is 24.1 Å². The second kappa shape index (κ2) is 19.2. The molecule has 0 aliphatic heterocycles. The van der Waals surface area contributed by atoms with Crippen LogP contribution in [0.1, 0.15) is 19.4 Å². The van der Waals surface area contributed by atoms with E-state index >= 15 is 0 Å². The lowest BCUT2D eigenvalue weighted by Crippen LogP contribution is -1.98. The third-order valence-electron chi connectivity index (χ3n) is 2.20. The van der Waals surface area contributed by atoms with Crippen LogP contribution in [0.4, 0.5) is 5.69 Å². The number of nitrogens with one attached hydrogen (secondary N) is 1. The summed E-state index contributed by atoms with van der Waals surface area (Å²) in [5.41, 5.74) is 2.47. The van der Waals surface area contributed by atoms with Gasteiger partial charge in [-0.3, -0.25) is 0 Å². The van der Waals surface area contributed by atoms with Crippen molar-refractivity contribution in [2.24, 2.45) is 0 Å². The fourth-order valence-corrected chi connectivity index (χ4v) is 1.36. The minimum absolute atomic E-state index is 0.0849. The molecule has 0 saturated heterocycles. The Morgan fingerprint density at radius 1 is 0.955 bits per heavy atom. The summed E-state index contributed by atoms with van der Waals surface area (Å²) < 4.78 is 0. The number of carbonyl (C=O) groups excluding carboxylic acids is 1. The van der Waals surface area contributed by atoms with Crippen LogP contribution in [0.5, 0.6) is 0 Å². The van der Waals surface area contributed by atoms with Crippen LogP contribution >= 0.6 is 11.6 Å². The summed E-state index contributed by atoms with van der Waals surface area (Å²) in [6, 6.07) is 20.6. The van der Waals surface area contributed by atoms with E-state index in [9.17, 15) is 0 Å². The van der Waals surface area contributed by atoms with Crippen molar-refractivity contribution in [1.82, 2.24) is 0 Å². The van der Waals surface area contributed by atoms with Gasteiger partial charge in [0.2, 0.25) is 0 Å². The molecule has 0 heterocycles. The molecular weight excluding hydrogens is 298 g/mol. The Morgan fingerprint density at radius 2 is 1.36 bits per heavy atom. The Labute approximate surface area is 139 Å². The summed E-state index contributed by atoms with van der Waals surface area (Å²) >= 11 is 4.94. The highest BCUT2D eigenvalue weighted by molar-refractivity contribution is 6.17. The first-order valence-electron chi connectivity index (χ1n) is 7.15. The van der Waals surface area contributed by atoms with Crippen LogP contribution in [-0.2, 0) is 11.3 Å². The van der Waals surface area contributed by atoms with E-state index in [2.05, 4.69) is 41.7 Å². The van der Waals surface area contributed by atoms with Crippen LogP contribution in [0, 0.1) is 0 Å². The standard InChI is InChI=1S/C13H13N.C2H5ClO.C2H6.CH2O/c1-3-7-12(8-4-1)11-14-13-9-5-2-6-10-13;3-1-2-4;2*1-2/h1-10,14H,11H2;4H,1-2H2;1-2H3;1H2. The summed E-state index contributed by atoms with van der Waals surface area (Å²) in [5.74, 6) is 0.347. The van der Waals surface area contributed by atoms with Gasteiger partial charge in [-0.25, -0.2) is 0 Å². The molecule has 22 heavy (non-hydrogen) atoms. The van der Waals surface area contributed by atoms with Gasteiger partial charge >= 0.3 is 0 Å². The number of benzene rings is 2. The van der Waals surface area contributed by atoms with E-state index in [0.29, 0.717) is 5.88 Å². The quantitative estimate of drug-likeness (QED) is 0.822. The van der Waals surface area contributed by atoms with Crippen LogP contribution in [0.25, 0.3) is 0 Å². The van der Waals surface area contributed by atoms with Crippen molar-refractivity contribution in [2.45, 2.75) is 20.4 Å². The van der Waals surface area contributed by atoms with E-state index in [1.165, 1.54) is 5.56 Å². The van der Waals surface area contributed by atoms with E-state index in [1.54, 1.807) is 0 Å². The Kier molecular flexibility index (Phi) is 19.5. The molecule has 4 heteroatoms. The number of aliphatic hydroxyl groups excluding tert-OH is 1.